The van der Waals surface area contributed by atoms with Crippen LogP contribution in [-0.2, 0) is 6.18 Å². The molecular weight excluding hydrogens is 398 g/mol. The Kier molecular flexibility index (Phi) is 6.42. The highest BCUT2D eigenvalue weighted by molar-refractivity contribution is 5.95. The van der Waals surface area contributed by atoms with Crippen LogP contribution in [0.3, 0.4) is 0 Å². The maximum atomic E-state index is 13.3. The topological polar surface area (TPSA) is 108 Å². The van der Waals surface area contributed by atoms with E-state index in [1.165, 1.54) is 24.3 Å². The third-order valence-corrected chi connectivity index (χ3v) is 3.78. The van der Waals surface area contributed by atoms with Crippen LogP contribution in [0.15, 0.2) is 42.5 Å². The van der Waals surface area contributed by atoms with Crippen molar-refractivity contribution in [1.29, 1.82) is 0 Å². The molecule has 2 aromatic carbocycles. The van der Waals surface area contributed by atoms with Crippen LogP contribution in [0.4, 0.5) is 22.4 Å². The van der Waals surface area contributed by atoms with Gasteiger partial charge in [0.15, 0.2) is 0 Å². The minimum Gasteiger partial charge on any atom is -0.478 e. The van der Waals surface area contributed by atoms with Crippen LogP contribution in [0.2, 0.25) is 0 Å². The Morgan fingerprint density at radius 1 is 0.966 bits per heavy atom. The predicted molar refractivity (Wildman–Crippen MR) is 92.4 cm³/mol. The largest absolute Gasteiger partial charge is 0.478 e. The fourth-order valence-electron chi connectivity index (χ4n) is 2.30. The lowest BCUT2D eigenvalue weighted by molar-refractivity contribution is -0.137. The molecule has 0 spiro atoms. The average molecular weight is 413 g/mol. The van der Waals surface area contributed by atoms with Gasteiger partial charge in [0.25, 0.3) is 5.91 Å². The SMILES string of the molecule is C[C@@H](NC(=O)NNC(=O)c1cc(F)cc(C(F)(F)F)c1)c1ccc(C(=O)O)cc1. The van der Waals surface area contributed by atoms with Crippen LogP contribution in [0.5, 0.6) is 0 Å². The molecule has 154 valence electrons. The van der Waals surface area contributed by atoms with Crippen LogP contribution in [0.25, 0.3) is 0 Å². The lowest BCUT2D eigenvalue weighted by Gasteiger charge is -2.16. The van der Waals surface area contributed by atoms with Gasteiger partial charge in [-0.1, -0.05) is 12.1 Å². The molecule has 29 heavy (non-hydrogen) atoms. The molecule has 3 amide bonds. The van der Waals surface area contributed by atoms with Gasteiger partial charge in [0.1, 0.15) is 5.82 Å². The Labute approximate surface area is 161 Å². The Hall–Kier alpha value is -3.63. The Morgan fingerprint density at radius 2 is 1.59 bits per heavy atom. The van der Waals surface area contributed by atoms with Gasteiger partial charge in [-0.25, -0.2) is 19.4 Å². The van der Waals surface area contributed by atoms with Crippen molar-refractivity contribution in [2.75, 3.05) is 0 Å². The van der Waals surface area contributed by atoms with E-state index in [-0.39, 0.29) is 11.6 Å². The van der Waals surface area contributed by atoms with E-state index in [0.717, 1.165) is 0 Å². The van der Waals surface area contributed by atoms with Gasteiger partial charge < -0.3 is 10.4 Å². The highest BCUT2D eigenvalue weighted by Gasteiger charge is 2.32. The van der Waals surface area contributed by atoms with Crippen LogP contribution >= 0.6 is 0 Å². The van der Waals surface area contributed by atoms with E-state index in [9.17, 15) is 31.9 Å². The van der Waals surface area contributed by atoms with E-state index >= 15 is 0 Å². The van der Waals surface area contributed by atoms with Gasteiger partial charge in [-0.15, -0.1) is 0 Å². The minimum atomic E-state index is -4.84. The number of rotatable bonds is 4. The summed E-state index contributed by atoms with van der Waals surface area (Å²) in [7, 11) is 0. The van der Waals surface area contributed by atoms with E-state index in [1.54, 1.807) is 6.92 Å². The fraction of sp³-hybridized carbons (Fsp3) is 0.167. The number of carboxylic acids is 1. The lowest BCUT2D eigenvalue weighted by Crippen LogP contribution is -2.47. The molecule has 2 rings (SSSR count). The molecule has 0 radical (unpaired) electrons. The normalized spacial score (nSPS) is 12.0. The number of aromatic carboxylic acids is 1. The highest BCUT2D eigenvalue weighted by atomic mass is 19.4. The van der Waals surface area contributed by atoms with Crippen molar-refractivity contribution >= 4 is 17.9 Å². The molecule has 0 unspecified atom stereocenters. The van der Waals surface area contributed by atoms with Gasteiger partial charge in [0, 0.05) is 5.56 Å². The standard InChI is InChI=1S/C18H15F4N3O4/c1-9(10-2-4-11(5-3-10)16(27)28)23-17(29)25-24-15(26)12-6-13(18(20,21)22)8-14(19)7-12/h2-9H,1H3,(H,24,26)(H,27,28)(H2,23,25,29)/t9-/m1/s1. The summed E-state index contributed by atoms with van der Waals surface area (Å²) in [6.07, 6.45) is -4.84. The minimum absolute atomic E-state index is 0.0611. The summed E-state index contributed by atoms with van der Waals surface area (Å²) in [5.41, 5.74) is 2.47. The number of benzene rings is 2. The van der Waals surface area contributed by atoms with Crippen molar-refractivity contribution < 1.29 is 37.1 Å². The Bertz CT molecular complexity index is 930. The van der Waals surface area contributed by atoms with E-state index in [0.29, 0.717) is 17.7 Å². The number of carbonyl (C=O) groups is 3. The zero-order valence-corrected chi connectivity index (χ0v) is 14.8. The van der Waals surface area contributed by atoms with Crippen LogP contribution in [0.1, 0.15) is 44.8 Å². The molecular formula is C18H15F4N3O4. The first-order chi connectivity index (χ1) is 13.5. The lowest BCUT2D eigenvalue weighted by atomic mass is 10.1. The summed E-state index contributed by atoms with van der Waals surface area (Å²) in [6.45, 7) is 1.58. The second-order valence-electron chi connectivity index (χ2n) is 5.93. The molecule has 4 N–H and O–H groups in total. The molecule has 0 aliphatic carbocycles. The molecule has 0 saturated heterocycles. The molecule has 1 atom stereocenters. The Balaban J connectivity index is 1.95. The first-order valence-electron chi connectivity index (χ1n) is 8.05. The number of hydrogen-bond acceptors (Lipinski definition) is 3. The van der Waals surface area contributed by atoms with Crippen LogP contribution in [-0.4, -0.2) is 23.0 Å². The first kappa shape index (κ1) is 21.7. The average Bonchev–Trinajstić information content (AvgIpc) is 2.64. The summed E-state index contributed by atoms with van der Waals surface area (Å²) in [5, 5.41) is 11.3. The van der Waals surface area contributed by atoms with E-state index in [1.807, 2.05) is 10.9 Å². The van der Waals surface area contributed by atoms with Crippen molar-refractivity contribution in [3.63, 3.8) is 0 Å². The number of hydrogen-bond donors (Lipinski definition) is 4. The van der Waals surface area contributed by atoms with Gasteiger partial charge in [0.2, 0.25) is 0 Å². The molecule has 0 bridgehead atoms. The highest BCUT2D eigenvalue weighted by Crippen LogP contribution is 2.30. The number of carbonyl (C=O) groups excluding carboxylic acids is 2. The summed E-state index contributed by atoms with van der Waals surface area (Å²) in [6, 6.07) is 5.48. The zero-order chi connectivity index (χ0) is 21.8. The van der Waals surface area contributed by atoms with Crippen molar-refractivity contribution in [1.82, 2.24) is 16.2 Å². The van der Waals surface area contributed by atoms with Crippen molar-refractivity contribution in [2.24, 2.45) is 0 Å². The molecule has 7 nitrogen and oxygen atoms in total. The van der Waals surface area contributed by atoms with E-state index in [2.05, 4.69) is 5.32 Å². The van der Waals surface area contributed by atoms with Gasteiger partial charge in [0.05, 0.1) is 17.2 Å². The molecule has 0 saturated carbocycles. The molecule has 0 fully saturated rings. The summed E-state index contributed by atoms with van der Waals surface area (Å²) in [5.74, 6) is -3.51. The van der Waals surface area contributed by atoms with Gasteiger partial charge in [-0.05, 0) is 42.8 Å². The van der Waals surface area contributed by atoms with Crippen LogP contribution < -0.4 is 16.2 Å². The van der Waals surface area contributed by atoms with Crippen molar-refractivity contribution in [2.45, 2.75) is 19.1 Å². The van der Waals surface area contributed by atoms with Gasteiger partial charge in [-0.3, -0.25) is 10.2 Å². The third kappa shape index (κ3) is 5.92. The molecule has 0 aliphatic heterocycles. The van der Waals surface area contributed by atoms with E-state index < -0.39 is 47.1 Å². The fourth-order valence-corrected chi connectivity index (χ4v) is 2.30. The zero-order valence-electron chi connectivity index (χ0n) is 14.8. The predicted octanol–water partition coefficient (Wildman–Crippen LogP) is 3.25. The third-order valence-electron chi connectivity index (χ3n) is 3.78. The number of urea groups is 1. The Morgan fingerprint density at radius 3 is 2.14 bits per heavy atom. The first-order valence-corrected chi connectivity index (χ1v) is 8.05. The molecule has 2 aromatic rings. The second-order valence-corrected chi connectivity index (χ2v) is 5.93. The van der Waals surface area contributed by atoms with Gasteiger partial charge in [-0.2, -0.15) is 13.2 Å². The number of hydrazine groups is 1. The molecule has 0 aliphatic rings. The number of halogens is 4. The number of carboxylic acid groups (broad SMARTS) is 1. The smallest absolute Gasteiger partial charge is 0.416 e. The quantitative estimate of drug-likeness (QED) is 0.456. The summed E-state index contributed by atoms with van der Waals surface area (Å²) < 4.78 is 51.4. The monoisotopic (exact) mass is 413 g/mol. The number of alkyl halides is 3. The summed E-state index contributed by atoms with van der Waals surface area (Å²) >= 11 is 0. The van der Waals surface area contributed by atoms with E-state index in [4.69, 9.17) is 5.11 Å². The second kappa shape index (κ2) is 8.59. The number of amides is 3. The number of nitrogens with one attached hydrogen (secondary N) is 3. The molecule has 0 heterocycles. The van der Waals surface area contributed by atoms with Crippen molar-refractivity contribution in [3.05, 3.63) is 70.5 Å². The van der Waals surface area contributed by atoms with Gasteiger partial charge >= 0.3 is 18.2 Å². The van der Waals surface area contributed by atoms with Crippen LogP contribution in [0, 0.1) is 5.82 Å². The molecule has 0 aromatic heterocycles. The maximum absolute atomic E-state index is 13.3. The molecule has 11 heteroatoms. The van der Waals surface area contributed by atoms with Crippen molar-refractivity contribution in [3.8, 4) is 0 Å². The summed E-state index contributed by atoms with van der Waals surface area (Å²) in [4.78, 5) is 34.6. The maximum Gasteiger partial charge on any atom is 0.416 e.